The minimum Gasteiger partial charge on any atom is -0.492 e. The van der Waals surface area contributed by atoms with Gasteiger partial charge in [-0.15, -0.1) is 0 Å². The number of sulfone groups is 1. The molecule has 0 aromatic heterocycles. The first-order valence-corrected chi connectivity index (χ1v) is 8.04. The topological polar surface area (TPSA) is 69.4 Å². The fraction of sp³-hybridized carbons (Fsp3) is 0.538. The molecule has 0 radical (unpaired) electrons. The second-order valence-electron chi connectivity index (χ2n) is 5.20. The molecule has 0 amide bonds. The van der Waals surface area contributed by atoms with Gasteiger partial charge in [-0.3, -0.25) is 0 Å². The number of halogens is 1. The molecule has 0 unspecified atom stereocenters. The van der Waals surface area contributed by atoms with Crippen LogP contribution in [0.4, 0.5) is 0 Å². The number of hydrogen-bond donors (Lipinski definition) is 1. The lowest BCUT2D eigenvalue weighted by molar-refractivity contribution is 0.336. The van der Waals surface area contributed by atoms with Gasteiger partial charge in [-0.05, 0) is 32.9 Å². The molecule has 1 rings (SSSR count). The van der Waals surface area contributed by atoms with E-state index in [1.165, 1.54) is 0 Å². The highest BCUT2D eigenvalue weighted by molar-refractivity contribution is 7.92. The molecule has 0 saturated carbocycles. The monoisotopic (exact) mass is 305 g/mol. The third-order valence-corrected chi connectivity index (χ3v) is 5.75. The minimum atomic E-state index is -3.19. The zero-order valence-corrected chi connectivity index (χ0v) is 13.0. The molecule has 1 aromatic carbocycles. The highest BCUT2D eigenvalue weighted by Crippen LogP contribution is 2.26. The van der Waals surface area contributed by atoms with Gasteiger partial charge in [0.15, 0.2) is 9.84 Å². The van der Waals surface area contributed by atoms with Crippen LogP contribution >= 0.6 is 11.6 Å². The smallest absolute Gasteiger partial charge is 0.158 e. The SMILES string of the molecule is CC(C)(C)S(=O)(=O)CCOc1cccc(Cl)c1CN. The maximum absolute atomic E-state index is 11.9. The summed E-state index contributed by atoms with van der Waals surface area (Å²) in [5.74, 6) is 0.506. The number of ether oxygens (including phenoxy) is 1. The molecular formula is C13H20ClNO3S. The predicted octanol–water partition coefficient (Wildman–Crippen LogP) is 2.39. The van der Waals surface area contributed by atoms with Crippen LogP contribution < -0.4 is 10.5 Å². The normalized spacial score (nSPS) is 12.5. The van der Waals surface area contributed by atoms with Crippen molar-refractivity contribution in [3.63, 3.8) is 0 Å². The van der Waals surface area contributed by atoms with Gasteiger partial charge in [0.25, 0.3) is 0 Å². The molecule has 1 aromatic rings. The van der Waals surface area contributed by atoms with E-state index in [-0.39, 0.29) is 18.9 Å². The number of benzene rings is 1. The Hall–Kier alpha value is -0.780. The lowest BCUT2D eigenvalue weighted by Gasteiger charge is -2.19. The van der Waals surface area contributed by atoms with Crippen molar-refractivity contribution in [2.45, 2.75) is 32.1 Å². The number of hydrogen-bond acceptors (Lipinski definition) is 4. The molecule has 0 aliphatic rings. The molecule has 0 aliphatic carbocycles. The molecule has 19 heavy (non-hydrogen) atoms. The fourth-order valence-electron chi connectivity index (χ4n) is 1.44. The molecule has 6 heteroatoms. The summed E-state index contributed by atoms with van der Waals surface area (Å²) < 4.78 is 28.6. The van der Waals surface area contributed by atoms with Gasteiger partial charge in [-0.2, -0.15) is 0 Å². The summed E-state index contributed by atoms with van der Waals surface area (Å²) in [4.78, 5) is 0. The van der Waals surface area contributed by atoms with Gasteiger partial charge in [-0.25, -0.2) is 8.42 Å². The predicted molar refractivity (Wildman–Crippen MR) is 78.4 cm³/mol. The zero-order chi connectivity index (χ0) is 14.7. The van der Waals surface area contributed by atoms with E-state index in [4.69, 9.17) is 22.1 Å². The van der Waals surface area contributed by atoms with Crippen LogP contribution in [0, 0.1) is 0 Å². The quantitative estimate of drug-likeness (QED) is 0.907. The second-order valence-corrected chi connectivity index (χ2v) is 8.47. The second kappa shape index (κ2) is 6.11. The van der Waals surface area contributed by atoms with Gasteiger partial charge < -0.3 is 10.5 Å². The van der Waals surface area contributed by atoms with E-state index in [9.17, 15) is 8.42 Å². The molecule has 108 valence electrons. The van der Waals surface area contributed by atoms with E-state index in [1.54, 1.807) is 39.0 Å². The van der Waals surface area contributed by atoms with E-state index < -0.39 is 14.6 Å². The molecule has 0 saturated heterocycles. The van der Waals surface area contributed by atoms with Gasteiger partial charge in [0.05, 0.1) is 10.5 Å². The summed E-state index contributed by atoms with van der Waals surface area (Å²) in [5.41, 5.74) is 6.29. The van der Waals surface area contributed by atoms with Crippen LogP contribution in [-0.2, 0) is 16.4 Å². The molecule has 0 atom stereocenters. The van der Waals surface area contributed by atoms with Crippen molar-refractivity contribution < 1.29 is 13.2 Å². The molecule has 4 nitrogen and oxygen atoms in total. The Bertz CT molecular complexity index is 535. The summed E-state index contributed by atoms with van der Waals surface area (Å²) in [6.07, 6.45) is 0. The Morgan fingerprint density at radius 1 is 1.32 bits per heavy atom. The van der Waals surface area contributed by atoms with Crippen molar-refractivity contribution in [2.24, 2.45) is 5.73 Å². The van der Waals surface area contributed by atoms with E-state index in [1.807, 2.05) is 0 Å². The van der Waals surface area contributed by atoms with Crippen molar-refractivity contribution in [3.05, 3.63) is 28.8 Å². The van der Waals surface area contributed by atoms with Gasteiger partial charge in [0.1, 0.15) is 12.4 Å². The van der Waals surface area contributed by atoms with Gasteiger partial charge in [0, 0.05) is 17.1 Å². The molecule has 0 spiro atoms. The van der Waals surface area contributed by atoms with Gasteiger partial charge >= 0.3 is 0 Å². The van der Waals surface area contributed by atoms with Crippen LogP contribution in [0.1, 0.15) is 26.3 Å². The van der Waals surface area contributed by atoms with E-state index >= 15 is 0 Å². The number of rotatable bonds is 5. The van der Waals surface area contributed by atoms with Crippen LogP contribution in [0.3, 0.4) is 0 Å². The Balaban J connectivity index is 2.72. The van der Waals surface area contributed by atoms with Crippen molar-refractivity contribution in [2.75, 3.05) is 12.4 Å². The van der Waals surface area contributed by atoms with Crippen LogP contribution in [0.15, 0.2) is 18.2 Å². The fourth-order valence-corrected chi connectivity index (χ4v) is 2.60. The summed E-state index contributed by atoms with van der Waals surface area (Å²) in [6, 6.07) is 5.20. The highest BCUT2D eigenvalue weighted by atomic mass is 35.5. The molecule has 0 bridgehead atoms. The summed E-state index contributed by atoms with van der Waals surface area (Å²) in [5, 5.41) is 0.527. The summed E-state index contributed by atoms with van der Waals surface area (Å²) in [6.45, 7) is 5.36. The maximum Gasteiger partial charge on any atom is 0.158 e. The molecule has 2 N–H and O–H groups in total. The number of nitrogens with two attached hydrogens (primary N) is 1. The van der Waals surface area contributed by atoms with Crippen LogP contribution in [0.25, 0.3) is 0 Å². The third-order valence-electron chi connectivity index (χ3n) is 2.82. The average Bonchev–Trinajstić information content (AvgIpc) is 2.27. The summed E-state index contributed by atoms with van der Waals surface area (Å²) in [7, 11) is -3.19. The Labute approximate surface area is 119 Å². The Morgan fingerprint density at radius 2 is 1.95 bits per heavy atom. The van der Waals surface area contributed by atoms with Crippen molar-refractivity contribution in [1.29, 1.82) is 0 Å². The Morgan fingerprint density at radius 3 is 2.47 bits per heavy atom. The lowest BCUT2D eigenvalue weighted by Crippen LogP contribution is -2.32. The first kappa shape index (κ1) is 16.3. The van der Waals surface area contributed by atoms with Gasteiger partial charge in [0.2, 0.25) is 0 Å². The largest absolute Gasteiger partial charge is 0.492 e. The zero-order valence-electron chi connectivity index (χ0n) is 11.4. The van der Waals surface area contributed by atoms with Crippen LogP contribution in [0.2, 0.25) is 5.02 Å². The standard InChI is InChI=1S/C13H20ClNO3S/c1-13(2,3)19(16,17)8-7-18-12-6-4-5-11(14)10(12)9-15/h4-6H,7-9,15H2,1-3H3. The molecule has 0 fully saturated rings. The van der Waals surface area contributed by atoms with E-state index in [0.717, 1.165) is 0 Å². The highest BCUT2D eigenvalue weighted by Gasteiger charge is 2.28. The molecular weight excluding hydrogens is 286 g/mol. The van der Waals surface area contributed by atoms with E-state index in [0.29, 0.717) is 16.3 Å². The molecule has 0 heterocycles. The van der Waals surface area contributed by atoms with Crippen LogP contribution in [0.5, 0.6) is 5.75 Å². The maximum atomic E-state index is 11.9. The lowest BCUT2D eigenvalue weighted by atomic mass is 10.2. The van der Waals surface area contributed by atoms with E-state index in [2.05, 4.69) is 0 Å². The van der Waals surface area contributed by atoms with Crippen molar-refractivity contribution in [1.82, 2.24) is 0 Å². The van der Waals surface area contributed by atoms with Crippen molar-refractivity contribution >= 4 is 21.4 Å². The van der Waals surface area contributed by atoms with Gasteiger partial charge in [-0.1, -0.05) is 17.7 Å². The first-order chi connectivity index (χ1) is 8.69. The average molecular weight is 306 g/mol. The summed E-state index contributed by atoms with van der Waals surface area (Å²) >= 11 is 5.99. The Kier molecular flexibility index (Phi) is 5.24. The third kappa shape index (κ3) is 4.09. The van der Waals surface area contributed by atoms with Crippen LogP contribution in [-0.4, -0.2) is 25.5 Å². The molecule has 0 aliphatic heterocycles. The minimum absolute atomic E-state index is 0.0347. The first-order valence-electron chi connectivity index (χ1n) is 6.01. The van der Waals surface area contributed by atoms with Crippen molar-refractivity contribution in [3.8, 4) is 5.75 Å².